The van der Waals surface area contributed by atoms with E-state index < -0.39 is 12.0 Å². The van der Waals surface area contributed by atoms with E-state index in [0.29, 0.717) is 29.7 Å². The van der Waals surface area contributed by atoms with E-state index in [-0.39, 0.29) is 25.0 Å². The van der Waals surface area contributed by atoms with Crippen LogP contribution >= 0.6 is 11.6 Å². The zero-order chi connectivity index (χ0) is 19.4. The van der Waals surface area contributed by atoms with Crippen molar-refractivity contribution in [2.45, 2.75) is 32.3 Å². The number of likely N-dealkylation sites (tertiary alicyclic amines) is 2. The summed E-state index contributed by atoms with van der Waals surface area (Å²) in [6.45, 7) is 4.17. The first kappa shape index (κ1) is 20.0. The monoisotopic (exact) mass is 394 g/mol. The van der Waals surface area contributed by atoms with E-state index in [4.69, 9.17) is 16.3 Å². The number of carbonyl (C=O) groups is 2. The molecule has 7 heteroatoms. The highest BCUT2D eigenvalue weighted by molar-refractivity contribution is 6.32. The number of nitrogens with zero attached hydrogens (tertiary/aromatic N) is 2. The van der Waals surface area contributed by atoms with Crippen LogP contribution in [-0.4, -0.2) is 65.6 Å². The molecule has 0 bridgehead atoms. The maximum Gasteiger partial charge on any atom is 0.260 e. The topological polar surface area (TPSA) is 70.1 Å². The van der Waals surface area contributed by atoms with Gasteiger partial charge in [0.05, 0.1) is 17.0 Å². The Bertz CT molecular complexity index is 676. The average molecular weight is 395 g/mol. The summed E-state index contributed by atoms with van der Waals surface area (Å²) in [4.78, 5) is 28.8. The number of para-hydroxylation sites is 1. The Hall–Kier alpha value is -1.79. The van der Waals surface area contributed by atoms with Gasteiger partial charge in [0, 0.05) is 26.2 Å². The molecule has 2 atom stereocenters. The van der Waals surface area contributed by atoms with Crippen molar-refractivity contribution in [3.8, 4) is 5.75 Å². The molecular formula is C20H27ClN2O4. The summed E-state index contributed by atoms with van der Waals surface area (Å²) in [6.07, 6.45) is 1.68. The number of piperidine rings is 2. The SMILES string of the molecule is CC1CCN(C(=O)[C@H]2CN(C(=O)COc3ccccc3Cl)CC[C@H]2O)CC1. The van der Waals surface area contributed by atoms with Crippen molar-refractivity contribution in [2.24, 2.45) is 11.8 Å². The largest absolute Gasteiger partial charge is 0.482 e. The van der Waals surface area contributed by atoms with Gasteiger partial charge in [-0.3, -0.25) is 9.59 Å². The number of hydrogen-bond donors (Lipinski definition) is 1. The molecule has 2 saturated heterocycles. The molecule has 0 unspecified atom stereocenters. The molecular weight excluding hydrogens is 368 g/mol. The number of aliphatic hydroxyl groups is 1. The standard InChI is InChI=1S/C20H27ClN2O4/c1-14-6-9-22(10-7-14)20(26)15-12-23(11-8-17(15)24)19(25)13-27-18-5-3-2-4-16(18)21/h2-5,14-15,17,24H,6-13H2,1H3/t15-,17+/m0/s1. The van der Waals surface area contributed by atoms with Crippen LogP contribution in [0.15, 0.2) is 24.3 Å². The molecule has 2 heterocycles. The molecule has 1 aromatic carbocycles. The first-order valence-electron chi connectivity index (χ1n) is 9.57. The number of hydrogen-bond acceptors (Lipinski definition) is 4. The van der Waals surface area contributed by atoms with Gasteiger partial charge in [-0.1, -0.05) is 30.7 Å². The van der Waals surface area contributed by atoms with Gasteiger partial charge >= 0.3 is 0 Å². The maximum absolute atomic E-state index is 12.8. The lowest BCUT2D eigenvalue weighted by Crippen LogP contribution is -2.54. The fraction of sp³-hybridized carbons (Fsp3) is 0.600. The minimum atomic E-state index is -0.703. The molecule has 2 amide bonds. The second-order valence-electron chi connectivity index (χ2n) is 7.53. The number of aliphatic hydroxyl groups excluding tert-OH is 1. The second kappa shape index (κ2) is 8.93. The maximum atomic E-state index is 12.8. The van der Waals surface area contributed by atoms with Gasteiger partial charge < -0.3 is 19.6 Å². The lowest BCUT2D eigenvalue weighted by Gasteiger charge is -2.39. The number of halogens is 1. The van der Waals surface area contributed by atoms with Crippen molar-refractivity contribution >= 4 is 23.4 Å². The first-order valence-corrected chi connectivity index (χ1v) is 9.95. The lowest BCUT2D eigenvalue weighted by molar-refractivity contribution is -0.148. The molecule has 27 heavy (non-hydrogen) atoms. The molecule has 0 spiro atoms. The van der Waals surface area contributed by atoms with Gasteiger partial charge in [0.25, 0.3) is 5.91 Å². The van der Waals surface area contributed by atoms with E-state index in [1.807, 2.05) is 4.90 Å². The number of rotatable bonds is 4. The van der Waals surface area contributed by atoms with Gasteiger partial charge in [0.2, 0.25) is 5.91 Å². The van der Waals surface area contributed by atoms with Crippen LogP contribution in [0, 0.1) is 11.8 Å². The van der Waals surface area contributed by atoms with Crippen LogP contribution in [0.2, 0.25) is 5.02 Å². The van der Waals surface area contributed by atoms with Crippen LogP contribution in [0.3, 0.4) is 0 Å². The van der Waals surface area contributed by atoms with E-state index in [1.54, 1.807) is 29.2 Å². The predicted molar refractivity (Wildman–Crippen MR) is 103 cm³/mol. The Kier molecular flexibility index (Phi) is 6.60. The Morgan fingerprint density at radius 3 is 2.52 bits per heavy atom. The van der Waals surface area contributed by atoms with E-state index in [2.05, 4.69) is 6.92 Å². The van der Waals surface area contributed by atoms with Crippen LogP contribution in [0.25, 0.3) is 0 Å². The normalized spacial score (nSPS) is 24.0. The Morgan fingerprint density at radius 2 is 1.81 bits per heavy atom. The highest BCUT2D eigenvalue weighted by Gasteiger charge is 2.38. The molecule has 2 aliphatic rings. The van der Waals surface area contributed by atoms with Crippen molar-refractivity contribution < 1.29 is 19.4 Å². The van der Waals surface area contributed by atoms with Gasteiger partial charge in [-0.05, 0) is 37.3 Å². The third kappa shape index (κ3) is 4.93. The summed E-state index contributed by atoms with van der Waals surface area (Å²) >= 11 is 6.04. The zero-order valence-corrected chi connectivity index (χ0v) is 16.4. The van der Waals surface area contributed by atoms with Crippen LogP contribution < -0.4 is 4.74 Å². The van der Waals surface area contributed by atoms with Crippen LogP contribution in [0.5, 0.6) is 5.75 Å². The Balaban J connectivity index is 1.56. The average Bonchev–Trinajstić information content (AvgIpc) is 2.67. The number of benzene rings is 1. The number of ether oxygens (including phenoxy) is 1. The van der Waals surface area contributed by atoms with Crippen molar-refractivity contribution in [3.05, 3.63) is 29.3 Å². The summed E-state index contributed by atoms with van der Waals surface area (Å²) in [6, 6.07) is 6.99. The van der Waals surface area contributed by atoms with Gasteiger partial charge in [-0.2, -0.15) is 0 Å². The predicted octanol–water partition coefficient (Wildman–Crippen LogP) is 2.19. The molecule has 6 nitrogen and oxygen atoms in total. The molecule has 2 fully saturated rings. The molecule has 148 valence electrons. The third-order valence-electron chi connectivity index (χ3n) is 5.53. The van der Waals surface area contributed by atoms with Crippen molar-refractivity contribution in [1.82, 2.24) is 9.80 Å². The van der Waals surface area contributed by atoms with Gasteiger partial charge in [-0.15, -0.1) is 0 Å². The van der Waals surface area contributed by atoms with Crippen molar-refractivity contribution in [1.29, 1.82) is 0 Å². The van der Waals surface area contributed by atoms with Crippen molar-refractivity contribution in [2.75, 3.05) is 32.8 Å². The molecule has 0 aromatic heterocycles. The quantitative estimate of drug-likeness (QED) is 0.849. The van der Waals surface area contributed by atoms with Gasteiger partial charge in [-0.25, -0.2) is 0 Å². The Labute approximate surface area is 165 Å². The Morgan fingerprint density at radius 1 is 1.15 bits per heavy atom. The fourth-order valence-electron chi connectivity index (χ4n) is 3.66. The van der Waals surface area contributed by atoms with Gasteiger partial charge in [0.1, 0.15) is 5.75 Å². The molecule has 1 aromatic rings. The molecule has 2 aliphatic heterocycles. The summed E-state index contributed by atoms with van der Waals surface area (Å²) in [5.74, 6) is 0.284. The lowest BCUT2D eigenvalue weighted by atomic mass is 9.91. The molecule has 0 saturated carbocycles. The molecule has 3 rings (SSSR count). The molecule has 0 radical (unpaired) electrons. The smallest absolute Gasteiger partial charge is 0.260 e. The van der Waals surface area contributed by atoms with E-state index in [9.17, 15) is 14.7 Å². The highest BCUT2D eigenvalue weighted by atomic mass is 35.5. The van der Waals surface area contributed by atoms with Crippen LogP contribution in [0.1, 0.15) is 26.2 Å². The number of amides is 2. The number of carbonyl (C=O) groups excluding carboxylic acids is 2. The first-order chi connectivity index (χ1) is 13.0. The van der Waals surface area contributed by atoms with Crippen LogP contribution in [0.4, 0.5) is 0 Å². The van der Waals surface area contributed by atoms with Gasteiger partial charge in [0.15, 0.2) is 6.61 Å². The fourth-order valence-corrected chi connectivity index (χ4v) is 3.86. The molecule has 0 aliphatic carbocycles. The highest BCUT2D eigenvalue weighted by Crippen LogP contribution is 2.25. The third-order valence-corrected chi connectivity index (χ3v) is 5.84. The summed E-state index contributed by atoms with van der Waals surface area (Å²) in [5.41, 5.74) is 0. The summed E-state index contributed by atoms with van der Waals surface area (Å²) < 4.78 is 5.52. The second-order valence-corrected chi connectivity index (χ2v) is 7.94. The van der Waals surface area contributed by atoms with E-state index in [0.717, 1.165) is 25.9 Å². The van der Waals surface area contributed by atoms with E-state index in [1.165, 1.54) is 0 Å². The summed E-state index contributed by atoms with van der Waals surface area (Å²) in [7, 11) is 0. The molecule has 1 N–H and O–H groups in total. The van der Waals surface area contributed by atoms with E-state index >= 15 is 0 Å². The van der Waals surface area contributed by atoms with Crippen LogP contribution in [-0.2, 0) is 9.59 Å². The van der Waals surface area contributed by atoms with Crippen molar-refractivity contribution in [3.63, 3.8) is 0 Å². The summed E-state index contributed by atoms with van der Waals surface area (Å²) in [5, 5.41) is 10.8. The minimum Gasteiger partial charge on any atom is -0.482 e. The minimum absolute atomic E-state index is 0.0427. The zero-order valence-electron chi connectivity index (χ0n) is 15.6.